The molecule has 0 radical (unpaired) electrons. The van der Waals surface area contributed by atoms with Crippen molar-refractivity contribution in [2.24, 2.45) is 5.73 Å². The highest BCUT2D eigenvalue weighted by Crippen LogP contribution is 2.22. The summed E-state index contributed by atoms with van der Waals surface area (Å²) in [5.74, 6) is -1.03. The number of rotatable bonds is 13. The minimum Gasteiger partial charge on any atom is -0.480 e. The van der Waals surface area contributed by atoms with Crippen LogP contribution in [0.4, 0.5) is 0 Å². The molecule has 0 aliphatic rings. The molecule has 0 aromatic heterocycles. The minimum atomic E-state index is -1.36. The highest BCUT2D eigenvalue weighted by atomic mass is 35.5. The van der Waals surface area contributed by atoms with Crippen LogP contribution in [0.25, 0.3) is 0 Å². The Morgan fingerprint density at radius 1 is 1.11 bits per heavy atom. The first-order valence-corrected chi connectivity index (χ1v) is 9.53. The van der Waals surface area contributed by atoms with Gasteiger partial charge in [0.1, 0.15) is 5.54 Å². The zero-order chi connectivity index (χ0) is 19.6. The highest BCUT2D eigenvalue weighted by molar-refractivity contribution is 6.40. The Morgan fingerprint density at radius 2 is 1.79 bits per heavy atom. The Morgan fingerprint density at radius 3 is 2.36 bits per heavy atom. The van der Waals surface area contributed by atoms with Crippen molar-refractivity contribution in [1.29, 1.82) is 0 Å². The van der Waals surface area contributed by atoms with Gasteiger partial charge in [0, 0.05) is 10.0 Å². The Labute approximate surface area is 189 Å². The van der Waals surface area contributed by atoms with Crippen LogP contribution < -0.4 is 11.1 Å². The van der Waals surface area contributed by atoms with E-state index in [0.29, 0.717) is 42.3 Å². The smallest absolute Gasteiger partial charge is 0.451 e. The van der Waals surface area contributed by atoms with Gasteiger partial charge in [-0.25, -0.2) is 0 Å². The third-order valence-electron chi connectivity index (χ3n) is 4.32. The second-order valence-electron chi connectivity index (χ2n) is 6.53. The Bertz CT molecular complexity index is 584. The van der Waals surface area contributed by atoms with Crippen LogP contribution in [0.15, 0.2) is 18.2 Å². The summed E-state index contributed by atoms with van der Waals surface area (Å²) < 4.78 is 0. The fourth-order valence-corrected chi connectivity index (χ4v) is 3.17. The molecule has 0 saturated carbocycles. The summed E-state index contributed by atoms with van der Waals surface area (Å²) in [5, 5.41) is 31.5. The molecular formula is C17H29BCl4N2O4. The zero-order valence-corrected chi connectivity index (χ0v) is 18.7. The van der Waals surface area contributed by atoms with E-state index in [4.69, 9.17) is 39.0 Å². The van der Waals surface area contributed by atoms with Crippen LogP contribution in [0.5, 0.6) is 0 Å². The second kappa shape index (κ2) is 15.6. The Kier molecular flexibility index (Phi) is 16.7. The quantitative estimate of drug-likeness (QED) is 0.220. The van der Waals surface area contributed by atoms with Crippen molar-refractivity contribution >= 4 is 61.1 Å². The van der Waals surface area contributed by atoms with E-state index in [0.717, 1.165) is 24.9 Å². The number of hydrogen-bond donors (Lipinski definition) is 5. The number of aliphatic carboxylic acids is 1. The Balaban J connectivity index is 0. The molecule has 1 rings (SSSR count). The fourth-order valence-electron chi connectivity index (χ4n) is 2.67. The number of benzene rings is 1. The molecule has 11 heteroatoms. The van der Waals surface area contributed by atoms with Crippen molar-refractivity contribution in [2.75, 3.05) is 13.1 Å². The average Bonchev–Trinajstić information content (AvgIpc) is 2.56. The number of nitrogens with one attached hydrogen (secondary N) is 1. The number of unbranched alkanes of at least 4 members (excludes halogenated alkanes) is 1. The van der Waals surface area contributed by atoms with E-state index < -0.39 is 18.6 Å². The summed E-state index contributed by atoms with van der Waals surface area (Å²) >= 11 is 12.0. The lowest BCUT2D eigenvalue weighted by Crippen LogP contribution is -2.49. The van der Waals surface area contributed by atoms with Crippen molar-refractivity contribution in [3.8, 4) is 0 Å². The molecule has 0 aliphatic carbocycles. The number of nitrogens with two attached hydrogens (primary N) is 1. The van der Waals surface area contributed by atoms with E-state index in [2.05, 4.69) is 5.32 Å². The molecule has 0 amide bonds. The predicted octanol–water partition coefficient (Wildman–Crippen LogP) is 3.17. The molecule has 0 heterocycles. The molecular weight excluding hydrogens is 449 g/mol. The van der Waals surface area contributed by atoms with E-state index in [1.165, 1.54) is 0 Å². The van der Waals surface area contributed by atoms with E-state index in [1.807, 2.05) is 12.1 Å². The molecule has 28 heavy (non-hydrogen) atoms. The maximum Gasteiger partial charge on any atom is 0.451 e. The van der Waals surface area contributed by atoms with Gasteiger partial charge >= 0.3 is 13.1 Å². The standard InChI is InChI=1S/C17H27BCl2N2O4.2ClH/c19-14-6-5-13(15(20)12-14)4-3-10-22-11-8-17(21,16(23)24)7-1-2-9-18(25)26;;/h5-6,12,22,25-26H,1-4,7-11,21H2,(H,23,24);2*1H. The summed E-state index contributed by atoms with van der Waals surface area (Å²) in [5.41, 5.74) is 5.73. The van der Waals surface area contributed by atoms with Crippen LogP contribution in [-0.2, 0) is 11.2 Å². The van der Waals surface area contributed by atoms with Crippen molar-refractivity contribution < 1.29 is 19.9 Å². The fraction of sp³-hybridized carbons (Fsp3) is 0.588. The Hall–Kier alpha value is -0.245. The molecule has 0 saturated heterocycles. The number of carbonyl (C=O) groups is 1. The molecule has 1 aromatic carbocycles. The minimum absolute atomic E-state index is 0. The molecule has 1 unspecified atom stereocenters. The first-order valence-electron chi connectivity index (χ1n) is 8.77. The largest absolute Gasteiger partial charge is 0.480 e. The number of carboxylic acids is 1. The third-order valence-corrected chi connectivity index (χ3v) is 4.91. The van der Waals surface area contributed by atoms with E-state index in [9.17, 15) is 9.90 Å². The first kappa shape index (κ1) is 30.0. The molecule has 0 aliphatic heterocycles. The zero-order valence-electron chi connectivity index (χ0n) is 15.6. The van der Waals surface area contributed by atoms with Crippen LogP contribution in [0.1, 0.15) is 37.7 Å². The van der Waals surface area contributed by atoms with E-state index >= 15 is 0 Å². The van der Waals surface area contributed by atoms with Crippen LogP contribution in [0.3, 0.4) is 0 Å². The summed E-state index contributed by atoms with van der Waals surface area (Å²) in [7, 11) is -1.36. The lowest BCUT2D eigenvalue weighted by Gasteiger charge is -2.25. The normalized spacial score (nSPS) is 12.5. The van der Waals surface area contributed by atoms with Gasteiger partial charge in [-0.1, -0.05) is 42.1 Å². The van der Waals surface area contributed by atoms with Gasteiger partial charge in [-0.05, 0) is 62.8 Å². The third kappa shape index (κ3) is 11.7. The van der Waals surface area contributed by atoms with Crippen LogP contribution in [-0.4, -0.2) is 46.9 Å². The maximum atomic E-state index is 11.4. The van der Waals surface area contributed by atoms with Crippen molar-refractivity contribution in [3.05, 3.63) is 33.8 Å². The monoisotopic (exact) mass is 476 g/mol. The van der Waals surface area contributed by atoms with Gasteiger partial charge in [-0.15, -0.1) is 24.8 Å². The summed E-state index contributed by atoms with van der Waals surface area (Å²) in [4.78, 5) is 11.4. The van der Waals surface area contributed by atoms with Gasteiger partial charge in [0.15, 0.2) is 0 Å². The lowest BCUT2D eigenvalue weighted by molar-refractivity contribution is -0.143. The topological polar surface area (TPSA) is 116 Å². The number of halogens is 4. The van der Waals surface area contributed by atoms with Gasteiger partial charge < -0.3 is 26.2 Å². The van der Waals surface area contributed by atoms with Gasteiger partial charge in [-0.3, -0.25) is 4.79 Å². The van der Waals surface area contributed by atoms with Gasteiger partial charge in [0.05, 0.1) is 0 Å². The maximum absolute atomic E-state index is 11.4. The first-order chi connectivity index (χ1) is 12.2. The second-order valence-corrected chi connectivity index (χ2v) is 7.37. The van der Waals surface area contributed by atoms with Crippen molar-refractivity contribution in [2.45, 2.75) is 50.4 Å². The van der Waals surface area contributed by atoms with E-state index in [1.54, 1.807) is 6.07 Å². The van der Waals surface area contributed by atoms with E-state index in [-0.39, 0.29) is 31.1 Å². The highest BCUT2D eigenvalue weighted by Gasteiger charge is 2.32. The molecule has 162 valence electrons. The molecule has 0 spiro atoms. The van der Waals surface area contributed by atoms with Crippen molar-refractivity contribution in [1.82, 2.24) is 5.32 Å². The number of aryl methyl sites for hydroxylation is 1. The molecule has 1 aromatic rings. The van der Waals surface area contributed by atoms with Gasteiger partial charge in [-0.2, -0.15) is 0 Å². The van der Waals surface area contributed by atoms with Gasteiger partial charge in [0.25, 0.3) is 0 Å². The molecule has 0 bridgehead atoms. The lowest BCUT2D eigenvalue weighted by atomic mass is 9.81. The predicted molar refractivity (Wildman–Crippen MR) is 120 cm³/mol. The van der Waals surface area contributed by atoms with Crippen LogP contribution >= 0.6 is 48.0 Å². The number of carboxylic acid groups (broad SMARTS) is 1. The van der Waals surface area contributed by atoms with Crippen LogP contribution in [0.2, 0.25) is 16.4 Å². The molecule has 1 atom stereocenters. The average molecular weight is 478 g/mol. The molecule has 0 fully saturated rings. The van der Waals surface area contributed by atoms with Gasteiger partial charge in [0.2, 0.25) is 0 Å². The summed E-state index contributed by atoms with van der Waals surface area (Å²) in [6.07, 6.45) is 3.57. The molecule has 6 N–H and O–H groups in total. The molecule has 6 nitrogen and oxygen atoms in total. The summed E-state index contributed by atoms with van der Waals surface area (Å²) in [6.45, 7) is 1.23. The van der Waals surface area contributed by atoms with Crippen LogP contribution in [0, 0.1) is 0 Å². The van der Waals surface area contributed by atoms with Crippen molar-refractivity contribution in [3.63, 3.8) is 0 Å². The number of hydrogen-bond acceptors (Lipinski definition) is 5. The SMILES string of the molecule is Cl.Cl.NC(CCCCB(O)O)(CCNCCCc1ccc(Cl)cc1Cl)C(=O)O. The summed E-state index contributed by atoms with van der Waals surface area (Å²) in [6, 6.07) is 5.43.